The highest BCUT2D eigenvalue weighted by molar-refractivity contribution is 7.89. The lowest BCUT2D eigenvalue weighted by molar-refractivity contribution is 0.101. The van der Waals surface area contributed by atoms with Crippen LogP contribution in [0.5, 0.6) is 0 Å². The molecule has 0 saturated heterocycles. The number of nitrogens with zero attached hydrogens (tertiary/aromatic N) is 1. The van der Waals surface area contributed by atoms with E-state index in [0.717, 1.165) is 0 Å². The van der Waals surface area contributed by atoms with Crippen LogP contribution in [0.25, 0.3) is 0 Å². The molecule has 0 amide bonds. The average molecular weight is 276 g/mol. The SMILES string of the molecule is CC(=O)c1cc(S(=O)(=O)NC(C)(C)CF)cn1C. The fourth-order valence-electron chi connectivity index (χ4n) is 1.48. The molecule has 1 aromatic heterocycles. The number of alkyl halides is 1. The van der Waals surface area contributed by atoms with Crippen LogP contribution in [-0.4, -0.2) is 31.0 Å². The van der Waals surface area contributed by atoms with Crippen LogP contribution in [0.15, 0.2) is 17.2 Å². The minimum absolute atomic E-state index is 0.0447. The summed E-state index contributed by atoms with van der Waals surface area (Å²) in [6.07, 6.45) is 1.33. The maximum Gasteiger partial charge on any atom is 0.242 e. The number of aromatic nitrogens is 1. The Kier molecular flexibility index (Phi) is 3.97. The third kappa shape index (κ3) is 3.17. The highest BCUT2D eigenvalue weighted by Crippen LogP contribution is 2.16. The maximum absolute atomic E-state index is 12.6. The molecule has 0 radical (unpaired) electrons. The number of hydrogen-bond donors (Lipinski definition) is 1. The lowest BCUT2D eigenvalue weighted by atomic mass is 10.1. The Morgan fingerprint density at radius 3 is 2.44 bits per heavy atom. The first-order chi connectivity index (χ1) is 8.09. The Balaban J connectivity index is 3.14. The first-order valence-electron chi connectivity index (χ1n) is 5.36. The van der Waals surface area contributed by atoms with E-state index in [1.807, 2.05) is 0 Å². The summed E-state index contributed by atoms with van der Waals surface area (Å²) in [4.78, 5) is 11.2. The van der Waals surface area contributed by atoms with E-state index in [0.29, 0.717) is 0 Å². The third-order valence-electron chi connectivity index (χ3n) is 2.40. The van der Waals surface area contributed by atoms with Gasteiger partial charge >= 0.3 is 0 Å². The largest absolute Gasteiger partial charge is 0.347 e. The van der Waals surface area contributed by atoms with Gasteiger partial charge in [0.25, 0.3) is 0 Å². The Morgan fingerprint density at radius 2 is 2.06 bits per heavy atom. The molecule has 0 unspecified atom stereocenters. The first-order valence-corrected chi connectivity index (χ1v) is 6.84. The summed E-state index contributed by atoms with van der Waals surface area (Å²) in [6.45, 7) is 3.42. The van der Waals surface area contributed by atoms with Crippen LogP contribution < -0.4 is 4.72 Å². The molecule has 1 heterocycles. The molecule has 0 fully saturated rings. The minimum Gasteiger partial charge on any atom is -0.347 e. The van der Waals surface area contributed by atoms with Crippen LogP contribution in [0.1, 0.15) is 31.3 Å². The number of sulfonamides is 1. The molecular weight excluding hydrogens is 259 g/mol. The van der Waals surface area contributed by atoms with Crippen molar-refractivity contribution in [2.24, 2.45) is 7.05 Å². The summed E-state index contributed by atoms with van der Waals surface area (Å²) in [5.74, 6) is -0.233. The van der Waals surface area contributed by atoms with E-state index in [4.69, 9.17) is 0 Å². The molecule has 5 nitrogen and oxygen atoms in total. The van der Waals surface area contributed by atoms with Gasteiger partial charge in [0.05, 0.1) is 11.2 Å². The molecule has 18 heavy (non-hydrogen) atoms. The van der Waals surface area contributed by atoms with Crippen molar-refractivity contribution in [2.75, 3.05) is 6.67 Å². The number of nitrogens with one attached hydrogen (secondary N) is 1. The lowest BCUT2D eigenvalue weighted by Crippen LogP contribution is -2.44. The second kappa shape index (κ2) is 4.81. The van der Waals surface area contributed by atoms with Crippen LogP contribution in [0.3, 0.4) is 0 Å². The summed E-state index contributed by atoms with van der Waals surface area (Å²) < 4.78 is 40.3. The van der Waals surface area contributed by atoms with Gasteiger partial charge in [-0.2, -0.15) is 0 Å². The van der Waals surface area contributed by atoms with Gasteiger partial charge in [0.15, 0.2) is 5.78 Å². The fraction of sp³-hybridized carbons (Fsp3) is 0.545. The number of hydrogen-bond acceptors (Lipinski definition) is 3. The summed E-state index contributed by atoms with van der Waals surface area (Å²) in [5, 5.41) is 0. The molecule has 0 aliphatic heterocycles. The normalized spacial score (nSPS) is 12.7. The second-order valence-corrected chi connectivity index (χ2v) is 6.53. The van der Waals surface area contributed by atoms with Crippen LogP contribution in [-0.2, 0) is 17.1 Å². The van der Waals surface area contributed by atoms with E-state index >= 15 is 0 Å². The van der Waals surface area contributed by atoms with Crippen LogP contribution in [0, 0.1) is 0 Å². The second-order valence-electron chi connectivity index (χ2n) is 4.85. The minimum atomic E-state index is -3.83. The van der Waals surface area contributed by atoms with Crippen molar-refractivity contribution in [3.63, 3.8) is 0 Å². The number of carbonyl (C=O) groups is 1. The van der Waals surface area contributed by atoms with Crippen LogP contribution >= 0.6 is 0 Å². The number of aryl methyl sites for hydroxylation is 1. The molecule has 0 atom stereocenters. The summed E-state index contributed by atoms with van der Waals surface area (Å²) in [7, 11) is -2.25. The Morgan fingerprint density at radius 1 is 1.50 bits per heavy atom. The van der Waals surface area contributed by atoms with E-state index in [2.05, 4.69) is 4.72 Å². The van der Waals surface area contributed by atoms with Gasteiger partial charge in [0.1, 0.15) is 11.6 Å². The smallest absolute Gasteiger partial charge is 0.242 e. The van der Waals surface area contributed by atoms with Crippen molar-refractivity contribution >= 4 is 15.8 Å². The predicted octanol–water partition coefficient (Wildman–Crippen LogP) is 1.25. The zero-order chi connectivity index (χ0) is 14.1. The van der Waals surface area contributed by atoms with Gasteiger partial charge in [0.2, 0.25) is 10.0 Å². The lowest BCUT2D eigenvalue weighted by Gasteiger charge is -2.21. The average Bonchev–Trinajstić information content (AvgIpc) is 2.59. The van der Waals surface area contributed by atoms with E-state index in [-0.39, 0.29) is 16.4 Å². The molecule has 0 aromatic carbocycles. The maximum atomic E-state index is 12.6. The van der Waals surface area contributed by atoms with Gasteiger partial charge in [0, 0.05) is 20.2 Å². The molecule has 0 bridgehead atoms. The monoisotopic (exact) mass is 276 g/mol. The molecule has 0 saturated carbocycles. The Labute approximate surface area is 106 Å². The van der Waals surface area contributed by atoms with Crippen molar-refractivity contribution in [3.8, 4) is 0 Å². The Hall–Kier alpha value is -1.21. The van der Waals surface area contributed by atoms with Crippen LogP contribution in [0.2, 0.25) is 0 Å². The zero-order valence-electron chi connectivity index (χ0n) is 10.8. The molecule has 102 valence electrons. The molecular formula is C11H17FN2O3S. The molecule has 1 N–H and O–H groups in total. The standard InChI is InChI=1S/C11H17FN2O3S/c1-8(15)10-5-9(6-14(10)4)18(16,17)13-11(2,3)7-12/h5-6,13H,7H2,1-4H3. The van der Waals surface area contributed by atoms with E-state index in [9.17, 15) is 17.6 Å². The number of ketones is 1. The van der Waals surface area contributed by atoms with E-state index < -0.39 is 22.2 Å². The summed E-state index contributed by atoms with van der Waals surface area (Å²) in [5.41, 5.74) is -0.890. The third-order valence-corrected chi connectivity index (χ3v) is 4.06. The van der Waals surface area contributed by atoms with Crippen molar-refractivity contribution in [3.05, 3.63) is 18.0 Å². The molecule has 1 aromatic rings. The highest BCUT2D eigenvalue weighted by atomic mass is 32.2. The van der Waals surface area contributed by atoms with E-state index in [1.54, 1.807) is 7.05 Å². The number of carbonyl (C=O) groups excluding carboxylic acids is 1. The number of Topliss-reactive ketones (excluding diaryl/α,β-unsaturated/α-hetero) is 1. The summed E-state index contributed by atoms with van der Waals surface area (Å²) in [6, 6.07) is 1.28. The Bertz CT molecular complexity index is 561. The van der Waals surface area contributed by atoms with Crippen molar-refractivity contribution in [2.45, 2.75) is 31.2 Å². The quantitative estimate of drug-likeness (QED) is 0.823. The first kappa shape index (κ1) is 14.8. The highest BCUT2D eigenvalue weighted by Gasteiger charge is 2.27. The zero-order valence-corrected chi connectivity index (χ0v) is 11.6. The topological polar surface area (TPSA) is 68.2 Å². The van der Waals surface area contributed by atoms with Crippen molar-refractivity contribution in [1.29, 1.82) is 0 Å². The predicted molar refractivity (Wildman–Crippen MR) is 65.8 cm³/mol. The van der Waals surface area contributed by atoms with Gasteiger partial charge < -0.3 is 4.57 Å². The van der Waals surface area contributed by atoms with E-state index in [1.165, 1.54) is 37.6 Å². The summed E-state index contributed by atoms with van der Waals surface area (Å²) >= 11 is 0. The van der Waals surface area contributed by atoms with Gasteiger partial charge in [-0.25, -0.2) is 17.5 Å². The molecule has 1 rings (SSSR count). The van der Waals surface area contributed by atoms with Crippen molar-refractivity contribution < 1.29 is 17.6 Å². The fourth-order valence-corrected chi connectivity index (χ4v) is 2.94. The molecule has 0 aliphatic carbocycles. The van der Waals surface area contributed by atoms with Gasteiger partial charge in [-0.3, -0.25) is 4.79 Å². The molecule has 0 spiro atoms. The molecule has 0 aliphatic rings. The van der Waals surface area contributed by atoms with Gasteiger partial charge in [-0.1, -0.05) is 0 Å². The van der Waals surface area contributed by atoms with Crippen LogP contribution in [0.4, 0.5) is 4.39 Å². The number of halogens is 1. The molecule has 7 heteroatoms. The number of rotatable bonds is 5. The van der Waals surface area contributed by atoms with Gasteiger partial charge in [-0.15, -0.1) is 0 Å². The van der Waals surface area contributed by atoms with Gasteiger partial charge in [-0.05, 0) is 19.9 Å². The van der Waals surface area contributed by atoms with Crippen molar-refractivity contribution in [1.82, 2.24) is 9.29 Å².